The molecular formula is C31H25BrN2O5. The van der Waals surface area contributed by atoms with Gasteiger partial charge in [-0.05, 0) is 83.8 Å². The normalized spacial score (nSPS) is 14.6. The summed E-state index contributed by atoms with van der Waals surface area (Å²) in [5.41, 5.74) is 2.61. The molecule has 0 atom stereocenters. The number of halogens is 1. The highest BCUT2D eigenvalue weighted by molar-refractivity contribution is 9.10. The quantitative estimate of drug-likeness (QED) is 0.196. The second-order valence-corrected chi connectivity index (χ2v) is 9.86. The summed E-state index contributed by atoms with van der Waals surface area (Å²) in [5, 5.41) is 4.55. The van der Waals surface area contributed by atoms with E-state index in [2.05, 4.69) is 45.5 Å². The lowest BCUT2D eigenvalue weighted by atomic mass is 10.1. The van der Waals surface area contributed by atoms with Gasteiger partial charge in [-0.2, -0.15) is 0 Å². The second-order valence-electron chi connectivity index (χ2n) is 9.00. The molecule has 4 aromatic rings. The van der Waals surface area contributed by atoms with Gasteiger partial charge in [-0.1, -0.05) is 58.4 Å². The average molecular weight is 585 g/mol. The van der Waals surface area contributed by atoms with Crippen LogP contribution in [0.2, 0.25) is 0 Å². The van der Waals surface area contributed by atoms with Gasteiger partial charge in [0.1, 0.15) is 12.2 Å². The number of hydrogen-bond acceptors (Lipinski definition) is 5. The van der Waals surface area contributed by atoms with Crippen LogP contribution >= 0.6 is 15.9 Å². The van der Waals surface area contributed by atoms with Crippen molar-refractivity contribution >= 4 is 56.3 Å². The third kappa shape index (κ3) is 5.56. The van der Waals surface area contributed by atoms with Crippen LogP contribution in [0.25, 0.3) is 16.8 Å². The van der Waals surface area contributed by atoms with Crippen molar-refractivity contribution in [3.8, 4) is 11.5 Å². The lowest BCUT2D eigenvalue weighted by Gasteiger charge is -2.26. The Morgan fingerprint density at radius 2 is 1.67 bits per heavy atom. The molecule has 8 heteroatoms. The van der Waals surface area contributed by atoms with E-state index in [1.54, 1.807) is 36.4 Å². The molecule has 0 aromatic heterocycles. The molecule has 5 rings (SSSR count). The van der Waals surface area contributed by atoms with E-state index >= 15 is 0 Å². The molecule has 0 saturated carbocycles. The van der Waals surface area contributed by atoms with Gasteiger partial charge in [0, 0.05) is 4.47 Å². The third-order valence-corrected chi connectivity index (χ3v) is 7.18. The molecule has 1 saturated heterocycles. The van der Waals surface area contributed by atoms with Gasteiger partial charge in [0.2, 0.25) is 0 Å². The first kappa shape index (κ1) is 26.2. The largest absolute Gasteiger partial charge is 0.490 e. The number of carbonyl (C=O) groups is 3. The minimum absolute atomic E-state index is 0.164. The minimum Gasteiger partial charge on any atom is -0.490 e. The monoisotopic (exact) mass is 584 g/mol. The zero-order valence-corrected chi connectivity index (χ0v) is 22.9. The smallest absolute Gasteiger partial charge is 0.335 e. The van der Waals surface area contributed by atoms with Crippen molar-refractivity contribution in [1.82, 2.24) is 5.32 Å². The van der Waals surface area contributed by atoms with Gasteiger partial charge < -0.3 is 9.47 Å². The van der Waals surface area contributed by atoms with Gasteiger partial charge in [-0.25, -0.2) is 9.69 Å². The molecule has 0 spiro atoms. The highest BCUT2D eigenvalue weighted by Gasteiger charge is 2.37. The van der Waals surface area contributed by atoms with Gasteiger partial charge >= 0.3 is 6.03 Å². The van der Waals surface area contributed by atoms with Gasteiger partial charge in [-0.3, -0.25) is 14.9 Å². The maximum absolute atomic E-state index is 13.3. The zero-order valence-electron chi connectivity index (χ0n) is 21.4. The number of fused-ring (bicyclic) bond motifs is 1. The predicted molar refractivity (Wildman–Crippen MR) is 154 cm³/mol. The van der Waals surface area contributed by atoms with E-state index in [0.29, 0.717) is 36.0 Å². The molecular weight excluding hydrogens is 560 g/mol. The minimum atomic E-state index is -0.795. The molecule has 4 amide bonds. The lowest BCUT2D eigenvalue weighted by Crippen LogP contribution is -2.54. The Kier molecular flexibility index (Phi) is 7.47. The average Bonchev–Trinajstić information content (AvgIpc) is 2.92. The standard InChI is InChI=1S/C31H25BrN2O5/c1-3-38-28-17-20(9-13-27(28)39-18-21-8-10-22-6-4-5-7-23(22)15-21)16-25-29(35)33-31(37)34(30(25)36)24-11-12-26(32)19(2)14-24/h4-17H,3,18H2,1-2H3,(H,33,35,37)/b25-16+. The Hall–Kier alpha value is -4.43. The van der Waals surface area contributed by atoms with Crippen LogP contribution in [0.15, 0.2) is 88.9 Å². The molecule has 0 bridgehead atoms. The van der Waals surface area contributed by atoms with E-state index in [1.807, 2.05) is 32.0 Å². The fraction of sp³-hybridized carbons (Fsp3) is 0.129. The Morgan fingerprint density at radius 1 is 0.872 bits per heavy atom. The molecule has 1 N–H and O–H groups in total. The first-order valence-corrected chi connectivity index (χ1v) is 13.2. The number of carbonyl (C=O) groups excluding carboxylic acids is 3. The Balaban J connectivity index is 1.40. The second kappa shape index (κ2) is 11.1. The van der Waals surface area contributed by atoms with E-state index in [4.69, 9.17) is 9.47 Å². The van der Waals surface area contributed by atoms with Gasteiger partial charge in [0.25, 0.3) is 11.8 Å². The van der Waals surface area contributed by atoms with E-state index in [1.165, 1.54) is 6.08 Å². The molecule has 0 aliphatic carbocycles. The molecule has 1 aliphatic rings. The van der Waals surface area contributed by atoms with E-state index in [0.717, 1.165) is 31.3 Å². The van der Waals surface area contributed by atoms with Crippen LogP contribution in [0, 0.1) is 6.92 Å². The Bertz CT molecular complexity index is 1650. The number of imide groups is 2. The molecule has 0 radical (unpaired) electrons. The molecule has 0 unspecified atom stereocenters. The van der Waals surface area contributed by atoms with Crippen molar-refractivity contribution in [2.45, 2.75) is 20.5 Å². The number of aryl methyl sites for hydroxylation is 1. The van der Waals surface area contributed by atoms with Crippen molar-refractivity contribution in [1.29, 1.82) is 0 Å². The SMILES string of the molecule is CCOc1cc(/C=C2\C(=O)NC(=O)N(c3ccc(Br)c(C)c3)C2=O)ccc1OCc1ccc2ccccc2c1. The van der Waals surface area contributed by atoms with Crippen LogP contribution in [0.3, 0.4) is 0 Å². The third-order valence-electron chi connectivity index (χ3n) is 6.29. The number of urea groups is 1. The molecule has 196 valence electrons. The van der Waals surface area contributed by atoms with Crippen molar-refractivity contribution in [2.24, 2.45) is 0 Å². The van der Waals surface area contributed by atoms with Gasteiger partial charge in [0.15, 0.2) is 11.5 Å². The first-order chi connectivity index (χ1) is 18.8. The summed E-state index contributed by atoms with van der Waals surface area (Å²) in [6.07, 6.45) is 1.44. The fourth-order valence-electron chi connectivity index (χ4n) is 4.32. The van der Waals surface area contributed by atoms with Crippen molar-refractivity contribution in [3.63, 3.8) is 0 Å². The summed E-state index contributed by atoms with van der Waals surface area (Å²) in [6.45, 7) is 4.45. The number of amides is 4. The molecule has 4 aromatic carbocycles. The summed E-state index contributed by atoms with van der Waals surface area (Å²) in [7, 11) is 0. The molecule has 7 nitrogen and oxygen atoms in total. The van der Waals surface area contributed by atoms with Crippen LogP contribution in [0.5, 0.6) is 11.5 Å². The van der Waals surface area contributed by atoms with Gasteiger partial charge in [-0.15, -0.1) is 0 Å². The highest BCUT2D eigenvalue weighted by Crippen LogP contribution is 2.32. The predicted octanol–water partition coefficient (Wildman–Crippen LogP) is 6.55. The summed E-state index contributed by atoms with van der Waals surface area (Å²) in [5.74, 6) is -0.453. The summed E-state index contributed by atoms with van der Waals surface area (Å²) < 4.78 is 12.7. The Morgan fingerprint density at radius 3 is 2.44 bits per heavy atom. The van der Waals surface area contributed by atoms with Crippen molar-refractivity contribution < 1.29 is 23.9 Å². The van der Waals surface area contributed by atoms with Crippen LogP contribution in [-0.2, 0) is 16.2 Å². The van der Waals surface area contributed by atoms with E-state index < -0.39 is 17.8 Å². The highest BCUT2D eigenvalue weighted by atomic mass is 79.9. The number of rotatable bonds is 7. The summed E-state index contributed by atoms with van der Waals surface area (Å²) >= 11 is 3.42. The van der Waals surface area contributed by atoms with Crippen LogP contribution in [0.4, 0.5) is 10.5 Å². The molecule has 39 heavy (non-hydrogen) atoms. The number of nitrogens with one attached hydrogen (secondary N) is 1. The fourth-order valence-corrected chi connectivity index (χ4v) is 4.56. The first-order valence-electron chi connectivity index (χ1n) is 12.4. The van der Waals surface area contributed by atoms with Crippen molar-refractivity contribution in [3.05, 3.63) is 106 Å². The van der Waals surface area contributed by atoms with Crippen LogP contribution in [-0.4, -0.2) is 24.5 Å². The maximum Gasteiger partial charge on any atom is 0.335 e. The number of ether oxygens (including phenoxy) is 2. The number of nitrogens with zero attached hydrogens (tertiary/aromatic N) is 1. The van der Waals surface area contributed by atoms with E-state index in [9.17, 15) is 14.4 Å². The van der Waals surface area contributed by atoms with Gasteiger partial charge in [0.05, 0.1) is 12.3 Å². The van der Waals surface area contributed by atoms with E-state index in [-0.39, 0.29) is 5.57 Å². The summed E-state index contributed by atoms with van der Waals surface area (Å²) in [6, 6.07) is 23.8. The molecule has 1 heterocycles. The van der Waals surface area contributed by atoms with Crippen LogP contribution in [0.1, 0.15) is 23.6 Å². The topological polar surface area (TPSA) is 84.9 Å². The Labute approximate surface area is 234 Å². The maximum atomic E-state index is 13.3. The number of barbiturate groups is 1. The number of anilines is 1. The number of hydrogen-bond donors (Lipinski definition) is 1. The lowest BCUT2D eigenvalue weighted by molar-refractivity contribution is -0.122. The van der Waals surface area contributed by atoms with Crippen LogP contribution < -0.4 is 19.7 Å². The summed E-state index contributed by atoms with van der Waals surface area (Å²) in [4.78, 5) is 39.4. The van der Waals surface area contributed by atoms with Crippen molar-refractivity contribution in [2.75, 3.05) is 11.5 Å². The molecule has 1 fully saturated rings. The molecule has 1 aliphatic heterocycles. The zero-order chi connectivity index (χ0) is 27.5. The number of benzene rings is 4.